The zero-order chi connectivity index (χ0) is 11.4. The van der Waals surface area contributed by atoms with Gasteiger partial charge in [-0.3, -0.25) is 4.79 Å². The minimum atomic E-state index is -0.127. The van der Waals surface area contributed by atoms with E-state index in [1.807, 2.05) is 16.3 Å². The largest absolute Gasteiger partial charge is 0.384 e. The average Bonchev–Trinajstić information content (AvgIpc) is 2.87. The summed E-state index contributed by atoms with van der Waals surface area (Å²) in [6.45, 7) is 1.38. The Morgan fingerprint density at radius 3 is 3.12 bits per heavy atom. The van der Waals surface area contributed by atoms with E-state index in [4.69, 9.17) is 5.11 Å². The van der Waals surface area contributed by atoms with E-state index in [0.29, 0.717) is 13.0 Å². The number of likely N-dealkylation sites (tertiary alicyclic amines) is 1. The molecule has 1 aromatic heterocycles. The van der Waals surface area contributed by atoms with Crippen LogP contribution in [0.2, 0.25) is 0 Å². The molecule has 0 saturated carbocycles. The smallest absolute Gasteiger partial charge is 0.222 e. The number of hydrogen-bond donors (Lipinski definition) is 1. The van der Waals surface area contributed by atoms with Crippen LogP contribution in [0.1, 0.15) is 23.3 Å². The Bertz CT molecular complexity index is 441. The number of aliphatic hydroxyl groups excluding tert-OH is 1. The van der Waals surface area contributed by atoms with E-state index in [9.17, 15) is 4.79 Å². The lowest BCUT2D eigenvalue weighted by Crippen LogP contribution is -2.23. The Morgan fingerprint density at radius 1 is 1.56 bits per heavy atom. The topological polar surface area (TPSA) is 40.5 Å². The van der Waals surface area contributed by atoms with Crippen molar-refractivity contribution >= 4 is 17.2 Å². The highest BCUT2D eigenvalue weighted by Gasteiger charge is 2.21. The van der Waals surface area contributed by atoms with Crippen molar-refractivity contribution in [2.75, 3.05) is 13.2 Å². The molecule has 1 fully saturated rings. The average molecular weight is 235 g/mol. The van der Waals surface area contributed by atoms with Crippen molar-refractivity contribution < 1.29 is 9.90 Å². The second-order valence-corrected chi connectivity index (χ2v) is 4.64. The molecule has 0 aromatic carbocycles. The number of aliphatic hydroxyl groups is 1. The van der Waals surface area contributed by atoms with Crippen LogP contribution in [0, 0.1) is 11.8 Å². The number of thiophene rings is 1. The van der Waals surface area contributed by atoms with Crippen LogP contribution >= 0.6 is 11.3 Å². The molecule has 0 radical (unpaired) electrons. The lowest BCUT2D eigenvalue weighted by molar-refractivity contribution is -0.128. The van der Waals surface area contributed by atoms with Crippen molar-refractivity contribution in [2.24, 2.45) is 0 Å². The maximum absolute atomic E-state index is 11.5. The zero-order valence-electron chi connectivity index (χ0n) is 8.90. The molecule has 0 unspecified atom stereocenters. The second kappa shape index (κ2) is 5.15. The van der Waals surface area contributed by atoms with Crippen LogP contribution in [0.25, 0.3) is 0 Å². The molecule has 84 valence electrons. The standard InChI is InChI=1S/C12H13NO2S/c14-7-2-3-10-5-8-16-11(10)9-13-6-1-4-12(13)15/h5,8,14H,1,4,6-7,9H2. The van der Waals surface area contributed by atoms with Crippen molar-refractivity contribution in [1.82, 2.24) is 4.90 Å². The lowest BCUT2D eigenvalue weighted by Gasteiger charge is -2.14. The molecule has 16 heavy (non-hydrogen) atoms. The minimum Gasteiger partial charge on any atom is -0.384 e. The number of carbonyl (C=O) groups is 1. The molecule has 2 heterocycles. The molecule has 1 saturated heterocycles. The second-order valence-electron chi connectivity index (χ2n) is 3.64. The Hall–Kier alpha value is -1.31. The number of nitrogens with zero attached hydrogens (tertiary/aromatic N) is 1. The fourth-order valence-corrected chi connectivity index (χ4v) is 2.60. The minimum absolute atomic E-state index is 0.127. The fraction of sp³-hybridized carbons (Fsp3) is 0.417. The van der Waals surface area contributed by atoms with E-state index < -0.39 is 0 Å². The van der Waals surface area contributed by atoms with Gasteiger partial charge in [-0.2, -0.15) is 0 Å². The van der Waals surface area contributed by atoms with Crippen molar-refractivity contribution in [3.05, 3.63) is 21.9 Å². The Morgan fingerprint density at radius 2 is 2.44 bits per heavy atom. The van der Waals surface area contributed by atoms with E-state index in [1.54, 1.807) is 11.3 Å². The van der Waals surface area contributed by atoms with Gasteiger partial charge in [-0.1, -0.05) is 11.8 Å². The summed E-state index contributed by atoms with van der Waals surface area (Å²) in [5, 5.41) is 10.6. The van der Waals surface area contributed by atoms with Crippen molar-refractivity contribution in [3.63, 3.8) is 0 Å². The quantitative estimate of drug-likeness (QED) is 0.783. The molecule has 0 atom stereocenters. The maximum atomic E-state index is 11.5. The molecule has 1 N–H and O–H groups in total. The third kappa shape index (κ3) is 2.43. The van der Waals surface area contributed by atoms with E-state index in [2.05, 4.69) is 11.8 Å². The Kier molecular flexibility index (Phi) is 3.60. The number of hydrogen-bond acceptors (Lipinski definition) is 3. The Labute approximate surface area is 98.7 Å². The molecule has 0 aliphatic carbocycles. The van der Waals surface area contributed by atoms with E-state index in [1.165, 1.54) is 0 Å². The van der Waals surface area contributed by atoms with Gasteiger partial charge in [0.05, 0.1) is 6.54 Å². The van der Waals surface area contributed by atoms with Crippen LogP contribution in [0.3, 0.4) is 0 Å². The first kappa shape index (κ1) is 11.2. The van der Waals surface area contributed by atoms with Gasteiger partial charge in [0.25, 0.3) is 0 Å². The number of carbonyl (C=O) groups excluding carboxylic acids is 1. The molecule has 1 amide bonds. The summed E-state index contributed by atoms with van der Waals surface area (Å²) in [6.07, 6.45) is 1.63. The molecule has 1 aliphatic heterocycles. The van der Waals surface area contributed by atoms with Gasteiger partial charge in [0.1, 0.15) is 6.61 Å². The van der Waals surface area contributed by atoms with Crippen LogP contribution < -0.4 is 0 Å². The third-order valence-corrected chi connectivity index (χ3v) is 3.46. The van der Waals surface area contributed by atoms with Crippen LogP contribution in [0.5, 0.6) is 0 Å². The zero-order valence-corrected chi connectivity index (χ0v) is 9.72. The van der Waals surface area contributed by atoms with Gasteiger partial charge in [-0.15, -0.1) is 11.3 Å². The van der Waals surface area contributed by atoms with Gasteiger partial charge in [0, 0.05) is 23.4 Å². The monoisotopic (exact) mass is 235 g/mol. The van der Waals surface area contributed by atoms with E-state index in [-0.39, 0.29) is 12.5 Å². The van der Waals surface area contributed by atoms with Gasteiger partial charge in [0.2, 0.25) is 5.91 Å². The summed E-state index contributed by atoms with van der Waals surface area (Å²) in [6, 6.07) is 1.93. The van der Waals surface area contributed by atoms with Gasteiger partial charge in [0.15, 0.2) is 0 Å². The first-order valence-corrected chi connectivity index (χ1v) is 6.13. The summed E-state index contributed by atoms with van der Waals surface area (Å²) >= 11 is 1.61. The number of rotatable bonds is 2. The van der Waals surface area contributed by atoms with Crippen LogP contribution in [-0.4, -0.2) is 29.1 Å². The summed E-state index contributed by atoms with van der Waals surface area (Å²) < 4.78 is 0. The van der Waals surface area contributed by atoms with Crippen LogP contribution in [0.4, 0.5) is 0 Å². The van der Waals surface area contributed by atoms with Crippen LogP contribution in [-0.2, 0) is 11.3 Å². The van der Waals surface area contributed by atoms with E-state index >= 15 is 0 Å². The fourth-order valence-electron chi connectivity index (χ4n) is 1.75. The summed E-state index contributed by atoms with van der Waals surface area (Å²) in [7, 11) is 0. The molecule has 3 nitrogen and oxygen atoms in total. The highest BCUT2D eigenvalue weighted by Crippen LogP contribution is 2.21. The normalized spacial score (nSPS) is 15.1. The first-order valence-electron chi connectivity index (χ1n) is 5.25. The predicted molar refractivity (Wildman–Crippen MR) is 62.9 cm³/mol. The molecule has 0 spiro atoms. The first-order chi connectivity index (χ1) is 7.81. The highest BCUT2D eigenvalue weighted by atomic mass is 32.1. The highest BCUT2D eigenvalue weighted by molar-refractivity contribution is 7.10. The molecular formula is C12H13NO2S. The van der Waals surface area contributed by atoms with Gasteiger partial charge < -0.3 is 10.0 Å². The van der Waals surface area contributed by atoms with Crippen molar-refractivity contribution in [2.45, 2.75) is 19.4 Å². The Balaban J connectivity index is 2.09. The molecule has 1 aliphatic rings. The maximum Gasteiger partial charge on any atom is 0.222 e. The third-order valence-electron chi connectivity index (χ3n) is 2.55. The van der Waals surface area contributed by atoms with Gasteiger partial charge in [-0.05, 0) is 17.9 Å². The lowest BCUT2D eigenvalue weighted by atomic mass is 10.2. The van der Waals surface area contributed by atoms with Gasteiger partial charge >= 0.3 is 0 Å². The number of amides is 1. The van der Waals surface area contributed by atoms with Crippen molar-refractivity contribution in [1.29, 1.82) is 0 Å². The van der Waals surface area contributed by atoms with Crippen LogP contribution in [0.15, 0.2) is 11.4 Å². The SMILES string of the molecule is O=C1CCCN1Cc1sccc1C#CCO. The molecule has 4 heteroatoms. The van der Waals surface area contributed by atoms with Gasteiger partial charge in [-0.25, -0.2) is 0 Å². The summed E-state index contributed by atoms with van der Waals surface area (Å²) in [5.74, 6) is 5.77. The molecular weight excluding hydrogens is 222 g/mol. The summed E-state index contributed by atoms with van der Waals surface area (Å²) in [5.41, 5.74) is 0.929. The summed E-state index contributed by atoms with van der Waals surface area (Å²) in [4.78, 5) is 14.5. The molecule has 1 aromatic rings. The molecule has 0 bridgehead atoms. The van der Waals surface area contributed by atoms with E-state index in [0.717, 1.165) is 23.4 Å². The predicted octanol–water partition coefficient (Wildman–Crippen LogP) is 1.21. The molecule has 2 rings (SSSR count). The van der Waals surface area contributed by atoms with Crippen molar-refractivity contribution in [3.8, 4) is 11.8 Å².